The number of carbonyl (C=O) groups is 3. The number of imide groups is 1. The Kier molecular flexibility index (Phi) is 6.56. The first-order chi connectivity index (χ1) is 18.0. The Bertz CT molecular complexity index is 1320. The molecule has 3 amide bonds. The third kappa shape index (κ3) is 4.28. The number of ether oxygens (including phenoxy) is 3. The molecule has 3 aromatic carbocycles. The molecule has 0 saturated carbocycles. The monoisotopic (exact) mass is 500 g/mol. The minimum absolute atomic E-state index is 0.128. The van der Waals surface area contributed by atoms with Crippen LogP contribution in [0.15, 0.2) is 72.8 Å². The van der Waals surface area contributed by atoms with Gasteiger partial charge in [0.15, 0.2) is 5.41 Å². The van der Waals surface area contributed by atoms with Crippen LogP contribution in [0.4, 0.5) is 5.69 Å². The topological polar surface area (TPSA) is 85.4 Å². The number of rotatable bonds is 9. The minimum atomic E-state index is -1.58. The van der Waals surface area contributed by atoms with Crippen molar-refractivity contribution in [2.24, 2.45) is 0 Å². The van der Waals surface area contributed by atoms with E-state index in [1.807, 2.05) is 54.6 Å². The van der Waals surface area contributed by atoms with Crippen molar-refractivity contribution < 1.29 is 28.6 Å². The van der Waals surface area contributed by atoms with Gasteiger partial charge in [-0.15, -0.1) is 0 Å². The van der Waals surface area contributed by atoms with Gasteiger partial charge in [0.1, 0.15) is 17.2 Å². The Labute approximate surface area is 215 Å². The number of fused-ring (bicyclic) bond motifs is 2. The summed E-state index contributed by atoms with van der Waals surface area (Å²) in [5, 5.41) is 0. The van der Waals surface area contributed by atoms with Crippen molar-refractivity contribution in [1.29, 1.82) is 0 Å². The Balaban J connectivity index is 1.37. The second-order valence-corrected chi connectivity index (χ2v) is 9.07. The van der Waals surface area contributed by atoms with Gasteiger partial charge in [-0.3, -0.25) is 19.3 Å². The van der Waals surface area contributed by atoms with Gasteiger partial charge in [-0.2, -0.15) is 0 Å². The van der Waals surface area contributed by atoms with Crippen molar-refractivity contribution in [3.05, 3.63) is 83.9 Å². The van der Waals surface area contributed by atoms with Gasteiger partial charge >= 0.3 is 0 Å². The van der Waals surface area contributed by atoms with Crippen LogP contribution in [0.2, 0.25) is 0 Å². The highest BCUT2D eigenvalue weighted by Crippen LogP contribution is 2.50. The molecule has 0 bridgehead atoms. The van der Waals surface area contributed by atoms with Crippen LogP contribution >= 0.6 is 0 Å². The van der Waals surface area contributed by atoms with E-state index in [2.05, 4.69) is 0 Å². The average molecular weight is 501 g/mol. The van der Waals surface area contributed by atoms with Gasteiger partial charge in [0.05, 0.1) is 33.8 Å². The zero-order valence-corrected chi connectivity index (χ0v) is 20.8. The van der Waals surface area contributed by atoms with E-state index in [0.29, 0.717) is 42.3 Å². The van der Waals surface area contributed by atoms with Crippen LogP contribution in [0.3, 0.4) is 0 Å². The molecule has 190 valence electrons. The molecule has 2 aliphatic rings. The molecule has 1 fully saturated rings. The lowest BCUT2D eigenvalue weighted by molar-refractivity contribution is -0.142. The lowest BCUT2D eigenvalue weighted by atomic mass is 9.80. The Hall–Kier alpha value is -4.33. The highest BCUT2D eigenvalue weighted by Gasteiger charge is 2.63. The largest absolute Gasteiger partial charge is 0.497 e. The second kappa shape index (κ2) is 9.97. The molecule has 8 nitrogen and oxygen atoms in total. The predicted octanol–water partition coefficient (Wildman–Crippen LogP) is 3.72. The number of likely N-dealkylation sites (tertiary alicyclic amines) is 1. The number of amides is 3. The van der Waals surface area contributed by atoms with Crippen molar-refractivity contribution in [3.63, 3.8) is 0 Å². The zero-order valence-electron chi connectivity index (χ0n) is 20.8. The maximum absolute atomic E-state index is 13.9. The van der Waals surface area contributed by atoms with Gasteiger partial charge in [0, 0.05) is 17.8 Å². The summed E-state index contributed by atoms with van der Waals surface area (Å²) < 4.78 is 16.4. The van der Waals surface area contributed by atoms with Crippen LogP contribution < -0.4 is 19.1 Å². The summed E-state index contributed by atoms with van der Waals surface area (Å²) in [6.07, 6.45) is 0.339. The average Bonchev–Trinajstić information content (AvgIpc) is 3.32. The van der Waals surface area contributed by atoms with Crippen LogP contribution in [0.1, 0.15) is 24.0 Å². The molecule has 0 N–H and O–H groups in total. The van der Waals surface area contributed by atoms with Gasteiger partial charge in [-0.05, 0) is 54.4 Å². The third-order valence-electron chi connectivity index (χ3n) is 6.93. The molecular weight excluding hydrogens is 472 g/mol. The van der Waals surface area contributed by atoms with Crippen LogP contribution in [0.25, 0.3) is 0 Å². The Morgan fingerprint density at radius 2 is 1.43 bits per heavy atom. The van der Waals surface area contributed by atoms with Gasteiger partial charge < -0.3 is 19.1 Å². The van der Waals surface area contributed by atoms with Crippen LogP contribution in [0.5, 0.6) is 17.2 Å². The quantitative estimate of drug-likeness (QED) is 0.253. The fraction of sp³-hybridized carbons (Fsp3) is 0.276. The number of methoxy groups -OCH3 is 2. The van der Waals surface area contributed by atoms with E-state index in [-0.39, 0.29) is 24.8 Å². The van der Waals surface area contributed by atoms with Crippen LogP contribution in [-0.2, 0) is 26.3 Å². The maximum atomic E-state index is 13.9. The van der Waals surface area contributed by atoms with Crippen LogP contribution in [0, 0.1) is 0 Å². The number of nitrogens with zero attached hydrogens (tertiary/aromatic N) is 2. The van der Waals surface area contributed by atoms with Gasteiger partial charge in [0.2, 0.25) is 17.7 Å². The molecule has 0 aromatic heterocycles. The summed E-state index contributed by atoms with van der Waals surface area (Å²) in [7, 11) is 3.13. The van der Waals surface area contributed by atoms with E-state index in [1.54, 1.807) is 30.2 Å². The van der Waals surface area contributed by atoms with E-state index in [9.17, 15) is 14.4 Å². The fourth-order valence-corrected chi connectivity index (χ4v) is 5.03. The predicted molar refractivity (Wildman–Crippen MR) is 137 cm³/mol. The van der Waals surface area contributed by atoms with E-state index in [4.69, 9.17) is 14.2 Å². The molecule has 0 aliphatic carbocycles. The van der Waals surface area contributed by atoms with Crippen molar-refractivity contribution in [1.82, 2.24) is 4.90 Å². The van der Waals surface area contributed by atoms with Gasteiger partial charge in [0.25, 0.3) is 0 Å². The van der Waals surface area contributed by atoms with Gasteiger partial charge in [-0.25, -0.2) is 0 Å². The Morgan fingerprint density at radius 3 is 2.14 bits per heavy atom. The molecule has 0 radical (unpaired) electrons. The molecule has 3 aromatic rings. The summed E-state index contributed by atoms with van der Waals surface area (Å²) in [6, 6.07) is 21.8. The minimum Gasteiger partial charge on any atom is -0.497 e. The van der Waals surface area contributed by atoms with E-state index in [0.717, 1.165) is 11.3 Å². The lowest BCUT2D eigenvalue weighted by Gasteiger charge is -2.22. The molecule has 8 heteroatoms. The first-order valence-electron chi connectivity index (χ1n) is 12.1. The summed E-state index contributed by atoms with van der Waals surface area (Å²) in [5.41, 5.74) is 0.386. The highest BCUT2D eigenvalue weighted by atomic mass is 16.5. The maximum Gasteiger partial charge on any atom is 0.250 e. The number of anilines is 1. The number of carbonyl (C=O) groups excluding carboxylic acids is 3. The normalized spacial score (nSPS) is 18.5. The summed E-state index contributed by atoms with van der Waals surface area (Å²) >= 11 is 0. The van der Waals surface area contributed by atoms with E-state index < -0.39 is 11.3 Å². The molecule has 37 heavy (non-hydrogen) atoms. The SMILES string of the molecule is COc1ccc(OCCCN2C(=O)C3(CC(=O)N(Cc4ccccc4)C3=O)c3cc(OC)ccc32)cc1. The third-order valence-corrected chi connectivity index (χ3v) is 6.93. The molecule has 1 saturated heterocycles. The summed E-state index contributed by atoms with van der Waals surface area (Å²) in [6.45, 7) is 0.848. The summed E-state index contributed by atoms with van der Waals surface area (Å²) in [4.78, 5) is 43.6. The van der Waals surface area contributed by atoms with Crippen LogP contribution in [-0.4, -0.2) is 50.0 Å². The first-order valence-corrected chi connectivity index (χ1v) is 12.1. The van der Waals surface area contributed by atoms with Crippen molar-refractivity contribution in [2.75, 3.05) is 32.3 Å². The van der Waals surface area contributed by atoms with Crippen molar-refractivity contribution >= 4 is 23.4 Å². The molecule has 1 spiro atoms. The lowest BCUT2D eigenvalue weighted by Crippen LogP contribution is -2.46. The van der Waals surface area contributed by atoms with E-state index in [1.165, 1.54) is 12.0 Å². The van der Waals surface area contributed by atoms with Crippen molar-refractivity contribution in [3.8, 4) is 17.2 Å². The molecule has 2 aliphatic heterocycles. The van der Waals surface area contributed by atoms with E-state index >= 15 is 0 Å². The first kappa shape index (κ1) is 24.4. The smallest absolute Gasteiger partial charge is 0.250 e. The molecule has 1 unspecified atom stereocenters. The Morgan fingerprint density at radius 1 is 0.784 bits per heavy atom. The highest BCUT2D eigenvalue weighted by molar-refractivity contribution is 6.28. The number of hydrogen-bond acceptors (Lipinski definition) is 6. The number of hydrogen-bond donors (Lipinski definition) is 0. The fourth-order valence-electron chi connectivity index (χ4n) is 5.03. The number of benzene rings is 3. The molecule has 1 atom stereocenters. The van der Waals surface area contributed by atoms with Crippen molar-refractivity contribution in [2.45, 2.75) is 24.8 Å². The zero-order chi connectivity index (χ0) is 26.0. The molecular formula is C29H28N2O6. The van der Waals surface area contributed by atoms with Gasteiger partial charge in [-0.1, -0.05) is 30.3 Å². The molecule has 5 rings (SSSR count). The second-order valence-electron chi connectivity index (χ2n) is 9.07. The standard InChI is InChI=1S/C29H28N2O6/c1-35-21-9-11-22(12-10-21)37-16-6-15-30-25-14-13-23(36-2)17-24(25)29(27(30)33)18-26(32)31(28(29)34)19-20-7-4-3-5-8-20/h3-5,7-14,17H,6,15-16,18-19H2,1-2H3. The summed E-state index contributed by atoms with van der Waals surface area (Å²) in [5.74, 6) is 0.734. The molecule has 2 heterocycles.